The summed E-state index contributed by atoms with van der Waals surface area (Å²) < 4.78 is 5.77. The summed E-state index contributed by atoms with van der Waals surface area (Å²) in [5.41, 5.74) is 1.35. The average Bonchev–Trinajstić information content (AvgIpc) is 2.87. The van der Waals surface area contributed by atoms with Crippen molar-refractivity contribution in [2.75, 3.05) is 6.54 Å². The van der Waals surface area contributed by atoms with Crippen LogP contribution >= 0.6 is 0 Å². The first-order valence-corrected chi connectivity index (χ1v) is 7.39. The van der Waals surface area contributed by atoms with Crippen LogP contribution in [0.15, 0.2) is 54.6 Å². The number of hydrogen-bond acceptors (Lipinski definition) is 3. The molecule has 2 atom stereocenters. The van der Waals surface area contributed by atoms with E-state index >= 15 is 0 Å². The second-order valence-corrected chi connectivity index (χ2v) is 5.82. The van der Waals surface area contributed by atoms with Gasteiger partial charge >= 0.3 is 0 Å². The third-order valence-corrected chi connectivity index (χ3v) is 4.03. The fourth-order valence-electron chi connectivity index (χ4n) is 2.82. The lowest BCUT2D eigenvalue weighted by Crippen LogP contribution is -2.28. The lowest BCUT2D eigenvalue weighted by Gasteiger charge is -2.22. The molecule has 0 bridgehead atoms. The average molecular weight is 283 g/mol. The second-order valence-electron chi connectivity index (χ2n) is 5.82. The number of hydrogen-bond donors (Lipinski definition) is 2. The minimum atomic E-state index is -0.753. The van der Waals surface area contributed by atoms with Gasteiger partial charge in [-0.3, -0.25) is 0 Å². The maximum absolute atomic E-state index is 10.6. The van der Waals surface area contributed by atoms with Gasteiger partial charge in [-0.2, -0.15) is 0 Å². The van der Waals surface area contributed by atoms with Gasteiger partial charge in [0.2, 0.25) is 0 Å². The van der Waals surface area contributed by atoms with Crippen LogP contribution in [0.4, 0.5) is 0 Å². The molecule has 1 heterocycles. The highest BCUT2D eigenvalue weighted by atomic mass is 16.5. The molecule has 2 aromatic carbocycles. The van der Waals surface area contributed by atoms with Crippen LogP contribution in [0.3, 0.4) is 0 Å². The molecule has 2 aromatic rings. The highest BCUT2D eigenvalue weighted by molar-refractivity contribution is 5.32. The molecule has 1 aliphatic rings. The summed E-state index contributed by atoms with van der Waals surface area (Å²) in [6.07, 6.45) is 0.747. The number of benzene rings is 2. The van der Waals surface area contributed by atoms with Crippen molar-refractivity contribution >= 4 is 0 Å². The van der Waals surface area contributed by atoms with E-state index in [1.54, 1.807) is 0 Å². The van der Waals surface area contributed by atoms with Crippen LogP contribution in [-0.4, -0.2) is 17.7 Å². The molecular formula is C18H21NO2. The number of rotatable bonds is 4. The summed E-state index contributed by atoms with van der Waals surface area (Å²) in [5.74, 6) is 0.824. The number of aliphatic hydroxyl groups is 1. The molecule has 0 amide bonds. The van der Waals surface area contributed by atoms with Gasteiger partial charge in [0, 0.05) is 12.6 Å². The van der Waals surface area contributed by atoms with Crippen molar-refractivity contribution in [3.05, 3.63) is 65.7 Å². The van der Waals surface area contributed by atoms with Gasteiger partial charge in [-0.15, -0.1) is 0 Å². The van der Waals surface area contributed by atoms with Gasteiger partial charge in [0.1, 0.15) is 18.0 Å². The lowest BCUT2D eigenvalue weighted by molar-refractivity contribution is 0.0564. The van der Waals surface area contributed by atoms with E-state index in [2.05, 4.69) is 12.2 Å². The minimum Gasteiger partial charge on any atom is -0.489 e. The lowest BCUT2D eigenvalue weighted by atomic mass is 9.91. The molecule has 0 aliphatic carbocycles. The van der Waals surface area contributed by atoms with Crippen molar-refractivity contribution in [2.24, 2.45) is 0 Å². The maximum Gasteiger partial charge on any atom is 0.119 e. The molecular weight excluding hydrogens is 262 g/mol. The first kappa shape index (κ1) is 14.1. The predicted octanol–water partition coefficient (Wildman–Crippen LogP) is 2.84. The molecule has 1 saturated heterocycles. The molecule has 0 spiro atoms. The normalized spacial score (nSPS) is 25.0. The van der Waals surface area contributed by atoms with Crippen LogP contribution in [-0.2, 0) is 12.2 Å². The molecule has 0 aromatic heterocycles. The first-order chi connectivity index (χ1) is 10.2. The summed E-state index contributed by atoms with van der Waals surface area (Å²) in [6, 6.07) is 18.2. The van der Waals surface area contributed by atoms with Crippen LogP contribution in [0.25, 0.3) is 0 Å². The Morgan fingerprint density at radius 2 is 1.86 bits per heavy atom. The van der Waals surface area contributed by atoms with Crippen LogP contribution < -0.4 is 10.1 Å². The number of nitrogens with one attached hydrogen (secondary N) is 1. The zero-order valence-electron chi connectivity index (χ0n) is 12.3. The van der Waals surface area contributed by atoms with Crippen LogP contribution in [0, 0.1) is 0 Å². The molecule has 3 nitrogen and oxygen atoms in total. The Morgan fingerprint density at radius 1 is 1.14 bits per heavy atom. The summed E-state index contributed by atoms with van der Waals surface area (Å²) in [7, 11) is 0. The van der Waals surface area contributed by atoms with E-state index in [-0.39, 0.29) is 0 Å². The standard InChI is InChI=1S/C18H21NO2/c1-14-11-18(20,13-19-14)16-7-9-17(10-8-16)21-12-15-5-3-2-4-6-15/h2-10,14,19-20H,11-13H2,1H3/t14-,18-/m0/s1. The highest BCUT2D eigenvalue weighted by Crippen LogP contribution is 2.31. The summed E-state index contributed by atoms with van der Waals surface area (Å²) in [6.45, 7) is 3.26. The van der Waals surface area contributed by atoms with E-state index < -0.39 is 5.60 Å². The van der Waals surface area contributed by atoms with E-state index in [4.69, 9.17) is 4.74 Å². The Morgan fingerprint density at radius 3 is 2.48 bits per heavy atom. The predicted molar refractivity (Wildman–Crippen MR) is 83.2 cm³/mol. The van der Waals surface area contributed by atoms with Crippen molar-refractivity contribution in [2.45, 2.75) is 31.6 Å². The molecule has 110 valence electrons. The molecule has 21 heavy (non-hydrogen) atoms. The largest absolute Gasteiger partial charge is 0.489 e. The maximum atomic E-state index is 10.6. The Hall–Kier alpha value is -1.84. The first-order valence-electron chi connectivity index (χ1n) is 7.39. The van der Waals surface area contributed by atoms with Gasteiger partial charge in [-0.1, -0.05) is 42.5 Å². The van der Waals surface area contributed by atoms with E-state index in [0.717, 1.165) is 23.3 Å². The van der Waals surface area contributed by atoms with Crippen molar-refractivity contribution < 1.29 is 9.84 Å². The van der Waals surface area contributed by atoms with E-state index in [1.807, 2.05) is 54.6 Å². The molecule has 3 rings (SSSR count). The van der Waals surface area contributed by atoms with Crippen molar-refractivity contribution in [1.82, 2.24) is 5.32 Å². The van der Waals surface area contributed by atoms with Crippen LogP contribution in [0.5, 0.6) is 5.75 Å². The summed E-state index contributed by atoms with van der Waals surface area (Å²) in [4.78, 5) is 0. The smallest absolute Gasteiger partial charge is 0.119 e. The Kier molecular flexibility index (Phi) is 3.95. The summed E-state index contributed by atoms with van der Waals surface area (Å²) >= 11 is 0. The molecule has 1 aliphatic heterocycles. The van der Waals surface area contributed by atoms with Gasteiger partial charge in [0.05, 0.1) is 0 Å². The summed E-state index contributed by atoms with van der Waals surface area (Å²) in [5, 5.41) is 13.9. The van der Waals surface area contributed by atoms with Crippen LogP contribution in [0.1, 0.15) is 24.5 Å². The molecule has 3 heteroatoms. The highest BCUT2D eigenvalue weighted by Gasteiger charge is 2.36. The third kappa shape index (κ3) is 3.26. The molecule has 1 fully saturated rings. The zero-order chi connectivity index (χ0) is 14.7. The van der Waals surface area contributed by atoms with Crippen molar-refractivity contribution in [1.29, 1.82) is 0 Å². The Labute approximate surface area is 125 Å². The van der Waals surface area contributed by atoms with Crippen molar-refractivity contribution in [3.63, 3.8) is 0 Å². The van der Waals surface area contributed by atoms with Crippen LogP contribution in [0.2, 0.25) is 0 Å². The third-order valence-electron chi connectivity index (χ3n) is 4.03. The molecule has 0 radical (unpaired) electrons. The Bertz CT molecular complexity index is 582. The van der Waals surface area contributed by atoms with Gasteiger partial charge in [0.15, 0.2) is 0 Å². The van der Waals surface area contributed by atoms with Gasteiger partial charge < -0.3 is 15.2 Å². The minimum absolute atomic E-state index is 0.351. The fraction of sp³-hybridized carbons (Fsp3) is 0.333. The molecule has 0 unspecified atom stereocenters. The van der Waals surface area contributed by atoms with Gasteiger partial charge in [-0.05, 0) is 36.6 Å². The van der Waals surface area contributed by atoms with E-state index in [1.165, 1.54) is 0 Å². The second kappa shape index (κ2) is 5.88. The monoisotopic (exact) mass is 283 g/mol. The fourth-order valence-corrected chi connectivity index (χ4v) is 2.82. The SMILES string of the molecule is C[C@H]1C[C@@](O)(c2ccc(OCc3ccccc3)cc2)CN1. The molecule has 0 saturated carbocycles. The van der Waals surface area contributed by atoms with E-state index in [0.29, 0.717) is 19.2 Å². The van der Waals surface area contributed by atoms with E-state index in [9.17, 15) is 5.11 Å². The van der Waals surface area contributed by atoms with Crippen molar-refractivity contribution in [3.8, 4) is 5.75 Å². The topological polar surface area (TPSA) is 41.5 Å². The Balaban J connectivity index is 1.64. The zero-order valence-corrected chi connectivity index (χ0v) is 12.3. The number of β-amino-alcohol motifs (C(OH)–C–C–N with tert-alkyl or cyclic N) is 1. The van der Waals surface area contributed by atoms with Gasteiger partial charge in [0.25, 0.3) is 0 Å². The van der Waals surface area contributed by atoms with Gasteiger partial charge in [-0.25, -0.2) is 0 Å². The quantitative estimate of drug-likeness (QED) is 0.906. The molecule has 2 N–H and O–H groups in total. The number of ether oxygens (including phenoxy) is 1.